The van der Waals surface area contributed by atoms with Gasteiger partial charge in [-0.3, -0.25) is 4.79 Å². The van der Waals surface area contributed by atoms with E-state index in [0.717, 1.165) is 43.5 Å². The molecule has 1 aliphatic heterocycles. The van der Waals surface area contributed by atoms with Crippen LogP contribution < -0.4 is 0 Å². The summed E-state index contributed by atoms with van der Waals surface area (Å²) in [5.74, 6) is 0.840. The first-order valence-electron chi connectivity index (χ1n) is 7.97. The Balaban J connectivity index is 1.55. The standard InChI is InChI=1S/C20H22NO/c1-16-7-9-19(10-8-16)20(22)21-13-11-18(12-14-21)15-17-5-3-2-4-6-17/h2-10,18H,1,11-15H2. The molecule has 2 aromatic rings. The molecule has 0 N–H and O–H groups in total. The van der Waals surface area contributed by atoms with Crippen molar-refractivity contribution in [3.8, 4) is 0 Å². The maximum atomic E-state index is 12.5. The Labute approximate surface area is 132 Å². The van der Waals surface area contributed by atoms with Crippen LogP contribution in [-0.4, -0.2) is 23.9 Å². The van der Waals surface area contributed by atoms with Crippen LogP contribution in [0.3, 0.4) is 0 Å². The fraction of sp³-hybridized carbons (Fsp3) is 0.300. The maximum Gasteiger partial charge on any atom is 0.253 e. The molecular formula is C20H22NO. The number of hydrogen-bond acceptors (Lipinski definition) is 1. The Morgan fingerprint density at radius 1 is 1.00 bits per heavy atom. The summed E-state index contributed by atoms with van der Waals surface area (Å²) in [6, 6.07) is 18.2. The molecule has 2 nitrogen and oxygen atoms in total. The predicted octanol–water partition coefficient (Wildman–Crippen LogP) is 3.96. The average Bonchev–Trinajstić information content (AvgIpc) is 2.57. The topological polar surface area (TPSA) is 20.3 Å². The largest absolute Gasteiger partial charge is 0.339 e. The monoisotopic (exact) mass is 292 g/mol. The molecule has 1 heterocycles. The maximum absolute atomic E-state index is 12.5. The first-order chi connectivity index (χ1) is 10.7. The Morgan fingerprint density at radius 3 is 2.27 bits per heavy atom. The van der Waals surface area contributed by atoms with Crippen molar-refractivity contribution >= 4 is 5.91 Å². The van der Waals surface area contributed by atoms with Crippen molar-refractivity contribution < 1.29 is 4.79 Å². The minimum atomic E-state index is 0.151. The van der Waals surface area contributed by atoms with Gasteiger partial charge in [0.25, 0.3) is 5.91 Å². The Hall–Kier alpha value is -2.09. The quantitative estimate of drug-likeness (QED) is 0.838. The number of hydrogen-bond donors (Lipinski definition) is 0. The van der Waals surface area contributed by atoms with E-state index in [0.29, 0.717) is 5.92 Å². The summed E-state index contributed by atoms with van der Waals surface area (Å²) in [6.07, 6.45) is 3.31. The van der Waals surface area contributed by atoms with Crippen molar-refractivity contribution in [3.05, 3.63) is 78.2 Å². The molecular weight excluding hydrogens is 270 g/mol. The molecule has 0 saturated carbocycles. The predicted molar refractivity (Wildman–Crippen MR) is 89.7 cm³/mol. The van der Waals surface area contributed by atoms with Gasteiger partial charge in [0.1, 0.15) is 0 Å². The van der Waals surface area contributed by atoms with Crippen LogP contribution in [0, 0.1) is 12.8 Å². The van der Waals surface area contributed by atoms with Gasteiger partial charge in [0.05, 0.1) is 0 Å². The summed E-state index contributed by atoms with van der Waals surface area (Å²) in [5.41, 5.74) is 3.12. The van der Waals surface area contributed by atoms with Gasteiger partial charge in [-0.2, -0.15) is 0 Å². The van der Waals surface area contributed by atoms with Crippen molar-refractivity contribution in [3.63, 3.8) is 0 Å². The molecule has 0 bridgehead atoms. The summed E-state index contributed by atoms with van der Waals surface area (Å²) in [7, 11) is 0. The first kappa shape index (κ1) is 14.8. The zero-order chi connectivity index (χ0) is 15.4. The van der Waals surface area contributed by atoms with Crippen LogP contribution in [0.1, 0.15) is 34.3 Å². The Bertz CT molecular complexity index is 610. The van der Waals surface area contributed by atoms with Crippen molar-refractivity contribution in [2.45, 2.75) is 19.3 Å². The average molecular weight is 292 g/mol. The highest BCUT2D eigenvalue weighted by atomic mass is 16.2. The number of nitrogens with zero attached hydrogens (tertiary/aromatic N) is 1. The van der Waals surface area contributed by atoms with Crippen molar-refractivity contribution in [2.24, 2.45) is 5.92 Å². The summed E-state index contributed by atoms with van der Waals surface area (Å²) >= 11 is 0. The number of rotatable bonds is 3. The number of piperidine rings is 1. The second kappa shape index (κ2) is 6.78. The van der Waals surface area contributed by atoms with Gasteiger partial charge in [-0.1, -0.05) is 42.5 Å². The normalized spacial score (nSPS) is 15.8. The summed E-state index contributed by atoms with van der Waals surface area (Å²) in [6.45, 7) is 5.59. The molecule has 113 valence electrons. The number of carbonyl (C=O) groups excluding carboxylic acids is 1. The van der Waals surface area contributed by atoms with E-state index in [4.69, 9.17) is 0 Å². The SMILES string of the molecule is [CH2]c1ccc(C(=O)N2CCC(Cc3ccccc3)CC2)cc1. The Kier molecular flexibility index (Phi) is 4.57. The molecule has 0 atom stereocenters. The highest BCUT2D eigenvalue weighted by Gasteiger charge is 2.23. The van der Waals surface area contributed by atoms with Crippen LogP contribution in [0.2, 0.25) is 0 Å². The smallest absolute Gasteiger partial charge is 0.253 e. The van der Waals surface area contributed by atoms with Gasteiger partial charge in [-0.25, -0.2) is 0 Å². The summed E-state index contributed by atoms with van der Waals surface area (Å²) in [5, 5.41) is 0. The lowest BCUT2D eigenvalue weighted by Crippen LogP contribution is -2.38. The van der Waals surface area contributed by atoms with E-state index in [1.54, 1.807) is 0 Å². The van der Waals surface area contributed by atoms with Crippen LogP contribution in [0.4, 0.5) is 0 Å². The zero-order valence-corrected chi connectivity index (χ0v) is 12.9. The second-order valence-corrected chi connectivity index (χ2v) is 6.12. The molecule has 1 amide bonds. The Morgan fingerprint density at radius 2 is 1.64 bits per heavy atom. The molecule has 0 aliphatic carbocycles. The highest BCUT2D eigenvalue weighted by Crippen LogP contribution is 2.22. The molecule has 1 aliphatic rings. The minimum Gasteiger partial charge on any atom is -0.339 e. The first-order valence-corrected chi connectivity index (χ1v) is 7.97. The molecule has 0 aromatic heterocycles. The van der Waals surface area contributed by atoms with E-state index in [1.165, 1.54) is 5.56 Å². The molecule has 0 unspecified atom stereocenters. The lowest BCUT2D eigenvalue weighted by atomic mass is 9.90. The molecule has 1 radical (unpaired) electrons. The number of benzene rings is 2. The van der Waals surface area contributed by atoms with Crippen molar-refractivity contribution in [2.75, 3.05) is 13.1 Å². The molecule has 2 aromatic carbocycles. The van der Waals surface area contributed by atoms with E-state index in [9.17, 15) is 4.79 Å². The van der Waals surface area contributed by atoms with E-state index < -0.39 is 0 Å². The molecule has 0 spiro atoms. The van der Waals surface area contributed by atoms with Gasteiger partial charge in [-0.15, -0.1) is 0 Å². The van der Waals surface area contributed by atoms with Crippen LogP contribution in [0.5, 0.6) is 0 Å². The van der Waals surface area contributed by atoms with Gasteiger partial charge in [-0.05, 0) is 55.4 Å². The van der Waals surface area contributed by atoms with Gasteiger partial charge in [0.15, 0.2) is 0 Å². The van der Waals surface area contributed by atoms with E-state index in [2.05, 4.69) is 37.3 Å². The second-order valence-electron chi connectivity index (χ2n) is 6.12. The third-order valence-corrected chi connectivity index (χ3v) is 4.47. The van der Waals surface area contributed by atoms with Gasteiger partial charge in [0, 0.05) is 18.7 Å². The lowest BCUT2D eigenvalue weighted by molar-refractivity contribution is 0.0690. The molecule has 3 rings (SSSR count). The molecule has 22 heavy (non-hydrogen) atoms. The third kappa shape index (κ3) is 3.56. The van der Waals surface area contributed by atoms with Crippen LogP contribution in [0.15, 0.2) is 54.6 Å². The third-order valence-electron chi connectivity index (χ3n) is 4.47. The van der Waals surface area contributed by atoms with E-state index in [-0.39, 0.29) is 5.91 Å². The highest BCUT2D eigenvalue weighted by molar-refractivity contribution is 5.94. The van der Waals surface area contributed by atoms with Crippen molar-refractivity contribution in [1.82, 2.24) is 4.90 Å². The van der Waals surface area contributed by atoms with Crippen LogP contribution in [0.25, 0.3) is 0 Å². The van der Waals surface area contributed by atoms with Gasteiger partial charge >= 0.3 is 0 Å². The lowest BCUT2D eigenvalue weighted by Gasteiger charge is -2.32. The molecule has 1 saturated heterocycles. The molecule has 2 heteroatoms. The summed E-state index contributed by atoms with van der Waals surface area (Å²) in [4.78, 5) is 14.5. The van der Waals surface area contributed by atoms with Gasteiger partial charge in [0.2, 0.25) is 0 Å². The van der Waals surface area contributed by atoms with E-state index in [1.807, 2.05) is 29.2 Å². The number of amides is 1. The molecule has 1 fully saturated rings. The van der Waals surface area contributed by atoms with E-state index >= 15 is 0 Å². The van der Waals surface area contributed by atoms with Crippen LogP contribution in [-0.2, 0) is 6.42 Å². The fourth-order valence-electron chi connectivity index (χ4n) is 3.12. The number of carbonyl (C=O) groups is 1. The summed E-state index contributed by atoms with van der Waals surface area (Å²) < 4.78 is 0. The van der Waals surface area contributed by atoms with Gasteiger partial charge < -0.3 is 4.90 Å². The zero-order valence-electron chi connectivity index (χ0n) is 12.9. The minimum absolute atomic E-state index is 0.151. The number of likely N-dealkylation sites (tertiary alicyclic amines) is 1. The van der Waals surface area contributed by atoms with Crippen molar-refractivity contribution in [1.29, 1.82) is 0 Å². The van der Waals surface area contributed by atoms with Crippen LogP contribution >= 0.6 is 0 Å². The fourth-order valence-corrected chi connectivity index (χ4v) is 3.12.